The second-order valence-corrected chi connectivity index (χ2v) is 2.17. The van der Waals surface area contributed by atoms with Crippen LogP contribution in [-0.2, 0) is 9.26 Å². The van der Waals surface area contributed by atoms with E-state index < -0.39 is 0 Å². The lowest BCUT2D eigenvalue weighted by atomic mass is 10.5. The van der Waals surface area contributed by atoms with Crippen molar-refractivity contribution in [1.82, 2.24) is 0 Å². The minimum absolute atomic E-state index is 0.437. The summed E-state index contributed by atoms with van der Waals surface area (Å²) >= 11 is 0. The van der Waals surface area contributed by atoms with Crippen molar-refractivity contribution in [3.05, 3.63) is 0 Å². The van der Waals surface area contributed by atoms with Crippen molar-refractivity contribution < 1.29 is 9.26 Å². The first-order valence-electron chi connectivity index (χ1n) is 2.33. The average molecular weight is 120 g/mol. The lowest BCUT2D eigenvalue weighted by Crippen LogP contribution is -1.92. The Bertz CT molecular complexity index is 53.7. The molecular formula is C4H9O2P. The SMILES string of the molecule is CPOCC1CO1. The normalized spacial score (nSPS) is 29.6. The number of rotatable bonds is 3. The topological polar surface area (TPSA) is 21.8 Å². The van der Waals surface area contributed by atoms with E-state index in [-0.39, 0.29) is 0 Å². The molecule has 42 valence electrons. The molecule has 7 heavy (non-hydrogen) atoms. The smallest absolute Gasteiger partial charge is 0.105 e. The van der Waals surface area contributed by atoms with Crippen molar-refractivity contribution in [3.63, 3.8) is 0 Å². The summed E-state index contributed by atoms with van der Waals surface area (Å²) in [5, 5.41) is 0. The molecule has 1 rings (SSSR count). The molecule has 0 aromatic rings. The standard InChI is InChI=1S/C4H9O2P/c1-7-6-3-4-2-5-4/h4,7H,2-3H2,1H3. The van der Waals surface area contributed by atoms with Gasteiger partial charge in [-0.3, -0.25) is 0 Å². The molecular weight excluding hydrogens is 111 g/mol. The van der Waals surface area contributed by atoms with Crippen LogP contribution in [0.5, 0.6) is 0 Å². The molecule has 2 unspecified atom stereocenters. The van der Waals surface area contributed by atoms with Crippen molar-refractivity contribution in [2.45, 2.75) is 6.10 Å². The molecule has 0 saturated carbocycles. The van der Waals surface area contributed by atoms with E-state index in [1.165, 1.54) is 0 Å². The first kappa shape index (κ1) is 5.49. The number of hydrogen-bond acceptors (Lipinski definition) is 2. The Balaban J connectivity index is 1.80. The van der Waals surface area contributed by atoms with E-state index in [2.05, 4.69) is 0 Å². The van der Waals surface area contributed by atoms with Gasteiger partial charge in [0.15, 0.2) is 0 Å². The Labute approximate surface area is 45.1 Å². The monoisotopic (exact) mass is 120 g/mol. The van der Waals surface area contributed by atoms with Crippen LogP contribution in [0.2, 0.25) is 0 Å². The summed E-state index contributed by atoms with van der Waals surface area (Å²) in [7, 11) is 0.611. The van der Waals surface area contributed by atoms with Gasteiger partial charge in [-0.1, -0.05) is 0 Å². The molecule has 0 spiro atoms. The fourth-order valence-electron chi connectivity index (χ4n) is 0.341. The van der Waals surface area contributed by atoms with Gasteiger partial charge >= 0.3 is 0 Å². The van der Waals surface area contributed by atoms with Gasteiger partial charge in [-0.05, 0) is 6.66 Å². The van der Waals surface area contributed by atoms with E-state index in [9.17, 15) is 0 Å². The molecule has 0 amide bonds. The van der Waals surface area contributed by atoms with E-state index in [1.54, 1.807) is 0 Å². The predicted molar refractivity (Wildman–Crippen MR) is 29.9 cm³/mol. The van der Waals surface area contributed by atoms with Gasteiger partial charge in [-0.2, -0.15) is 0 Å². The maximum Gasteiger partial charge on any atom is 0.105 e. The molecule has 2 nitrogen and oxygen atoms in total. The third-order valence-electron chi connectivity index (χ3n) is 0.816. The van der Waals surface area contributed by atoms with Crippen LogP contribution in [0.1, 0.15) is 0 Å². The fourth-order valence-corrected chi connectivity index (χ4v) is 0.693. The molecule has 0 aliphatic carbocycles. The van der Waals surface area contributed by atoms with E-state index in [4.69, 9.17) is 9.26 Å². The van der Waals surface area contributed by atoms with Crippen LogP contribution in [0.25, 0.3) is 0 Å². The van der Waals surface area contributed by atoms with Gasteiger partial charge in [0.05, 0.1) is 13.2 Å². The van der Waals surface area contributed by atoms with Crippen LogP contribution in [0, 0.1) is 0 Å². The van der Waals surface area contributed by atoms with E-state index >= 15 is 0 Å². The van der Waals surface area contributed by atoms with Crippen LogP contribution in [0.3, 0.4) is 0 Å². The zero-order valence-electron chi connectivity index (χ0n) is 4.31. The molecule has 0 N–H and O–H groups in total. The molecule has 0 radical (unpaired) electrons. The molecule has 1 fully saturated rings. The summed E-state index contributed by atoms with van der Waals surface area (Å²) in [6, 6.07) is 0. The lowest BCUT2D eigenvalue weighted by molar-refractivity contribution is 0.290. The highest BCUT2D eigenvalue weighted by molar-refractivity contribution is 7.31. The van der Waals surface area contributed by atoms with E-state index in [0.717, 1.165) is 13.2 Å². The summed E-state index contributed by atoms with van der Waals surface area (Å²) in [5.74, 6) is 0. The van der Waals surface area contributed by atoms with E-state index in [1.807, 2.05) is 6.66 Å². The maximum absolute atomic E-state index is 5.06. The van der Waals surface area contributed by atoms with Crippen molar-refractivity contribution in [2.24, 2.45) is 0 Å². The summed E-state index contributed by atoms with van der Waals surface area (Å²) in [6.45, 7) is 3.72. The summed E-state index contributed by atoms with van der Waals surface area (Å²) in [6.07, 6.45) is 0.437. The molecule has 1 saturated heterocycles. The van der Waals surface area contributed by atoms with Crippen molar-refractivity contribution >= 4 is 8.81 Å². The van der Waals surface area contributed by atoms with Crippen LogP contribution >= 0.6 is 8.81 Å². The Kier molecular flexibility index (Phi) is 2.04. The van der Waals surface area contributed by atoms with Crippen molar-refractivity contribution in [1.29, 1.82) is 0 Å². The zero-order valence-corrected chi connectivity index (χ0v) is 5.31. The molecule has 3 heteroatoms. The zero-order chi connectivity index (χ0) is 5.11. The third-order valence-corrected chi connectivity index (χ3v) is 1.27. The number of hydrogen-bond donors (Lipinski definition) is 0. The molecule has 2 atom stereocenters. The Hall–Kier alpha value is 0.350. The molecule has 1 aliphatic heterocycles. The van der Waals surface area contributed by atoms with Gasteiger partial charge in [0.1, 0.15) is 6.10 Å². The third kappa shape index (κ3) is 2.22. The minimum atomic E-state index is 0.437. The van der Waals surface area contributed by atoms with Gasteiger partial charge in [-0.25, -0.2) is 0 Å². The van der Waals surface area contributed by atoms with Gasteiger partial charge < -0.3 is 9.26 Å². The predicted octanol–water partition coefficient (Wildman–Crippen LogP) is 0.625. The van der Waals surface area contributed by atoms with Gasteiger partial charge in [0, 0.05) is 8.81 Å². The molecule has 0 aromatic carbocycles. The second kappa shape index (κ2) is 2.61. The first-order chi connectivity index (χ1) is 3.43. The maximum atomic E-state index is 5.06. The summed E-state index contributed by atoms with van der Waals surface area (Å²) < 4.78 is 9.95. The second-order valence-electron chi connectivity index (χ2n) is 1.47. The highest BCUT2D eigenvalue weighted by atomic mass is 31.1. The Morgan fingerprint density at radius 3 is 3.14 bits per heavy atom. The van der Waals surface area contributed by atoms with Gasteiger partial charge in [0.2, 0.25) is 0 Å². The van der Waals surface area contributed by atoms with Gasteiger partial charge in [-0.15, -0.1) is 0 Å². The molecule has 0 aromatic heterocycles. The van der Waals surface area contributed by atoms with Crippen molar-refractivity contribution in [3.8, 4) is 0 Å². The Morgan fingerprint density at radius 1 is 2.00 bits per heavy atom. The number of epoxide rings is 1. The van der Waals surface area contributed by atoms with Crippen LogP contribution in [0.4, 0.5) is 0 Å². The van der Waals surface area contributed by atoms with Crippen LogP contribution in [-0.4, -0.2) is 26.0 Å². The van der Waals surface area contributed by atoms with Crippen LogP contribution < -0.4 is 0 Å². The number of ether oxygens (including phenoxy) is 1. The minimum Gasteiger partial charge on any atom is -0.371 e. The molecule has 1 heterocycles. The van der Waals surface area contributed by atoms with Gasteiger partial charge in [0.25, 0.3) is 0 Å². The van der Waals surface area contributed by atoms with Crippen LogP contribution in [0.15, 0.2) is 0 Å². The highest BCUT2D eigenvalue weighted by Crippen LogP contribution is 2.13. The fraction of sp³-hybridized carbons (Fsp3) is 1.00. The van der Waals surface area contributed by atoms with Crippen molar-refractivity contribution in [2.75, 3.05) is 19.9 Å². The lowest BCUT2D eigenvalue weighted by Gasteiger charge is -1.91. The molecule has 1 aliphatic rings. The average Bonchev–Trinajstić information content (AvgIpc) is 2.42. The highest BCUT2D eigenvalue weighted by Gasteiger charge is 2.21. The summed E-state index contributed by atoms with van der Waals surface area (Å²) in [5.41, 5.74) is 0. The molecule has 0 bridgehead atoms. The first-order valence-corrected chi connectivity index (χ1v) is 3.74. The largest absolute Gasteiger partial charge is 0.371 e. The van der Waals surface area contributed by atoms with E-state index in [0.29, 0.717) is 14.9 Å². The Morgan fingerprint density at radius 2 is 2.71 bits per heavy atom. The summed E-state index contributed by atoms with van der Waals surface area (Å²) in [4.78, 5) is 0. The quantitative estimate of drug-likeness (QED) is 0.402.